The Kier molecular flexibility index (Phi) is 4.70. The third-order valence-corrected chi connectivity index (χ3v) is 4.06. The van der Waals surface area contributed by atoms with E-state index >= 15 is 0 Å². The van der Waals surface area contributed by atoms with Crippen LogP contribution in [0.25, 0.3) is 0 Å². The van der Waals surface area contributed by atoms with Crippen molar-refractivity contribution < 1.29 is 13.2 Å². The van der Waals surface area contributed by atoms with Gasteiger partial charge >= 0.3 is 6.18 Å². The first-order chi connectivity index (χ1) is 9.43. The molecule has 2 unspecified atom stereocenters. The van der Waals surface area contributed by atoms with Crippen LogP contribution < -0.4 is 5.32 Å². The van der Waals surface area contributed by atoms with Crippen LogP contribution in [0.4, 0.5) is 13.2 Å². The van der Waals surface area contributed by atoms with Crippen LogP contribution in [-0.2, 0) is 6.18 Å². The van der Waals surface area contributed by atoms with Gasteiger partial charge in [-0.15, -0.1) is 0 Å². The second-order valence-corrected chi connectivity index (χ2v) is 5.39. The van der Waals surface area contributed by atoms with Gasteiger partial charge in [0.1, 0.15) is 0 Å². The van der Waals surface area contributed by atoms with Crippen molar-refractivity contribution in [2.75, 3.05) is 20.1 Å². The Hall–Kier alpha value is -1.07. The van der Waals surface area contributed by atoms with E-state index in [0.29, 0.717) is 6.04 Å². The normalized spacial score (nSPS) is 22.1. The summed E-state index contributed by atoms with van der Waals surface area (Å²) < 4.78 is 38.3. The molecule has 1 fully saturated rings. The van der Waals surface area contributed by atoms with Crippen LogP contribution in [0.15, 0.2) is 24.3 Å². The highest BCUT2D eigenvalue weighted by atomic mass is 19.4. The number of benzene rings is 1. The number of halogens is 3. The molecule has 1 aliphatic heterocycles. The SMILES string of the molecule is CNCC1CCCN1C(C)c1cccc(C(F)(F)F)c1. The van der Waals surface area contributed by atoms with E-state index in [0.717, 1.165) is 37.6 Å². The number of hydrogen-bond donors (Lipinski definition) is 1. The van der Waals surface area contributed by atoms with Crippen molar-refractivity contribution in [1.82, 2.24) is 10.2 Å². The highest BCUT2D eigenvalue weighted by Crippen LogP contribution is 2.33. The summed E-state index contributed by atoms with van der Waals surface area (Å²) in [5, 5.41) is 3.16. The summed E-state index contributed by atoms with van der Waals surface area (Å²) in [5.41, 5.74) is 0.175. The Morgan fingerprint density at radius 1 is 1.40 bits per heavy atom. The summed E-state index contributed by atoms with van der Waals surface area (Å²) in [6, 6.07) is 6.11. The first-order valence-corrected chi connectivity index (χ1v) is 7.01. The molecule has 1 aromatic rings. The second-order valence-electron chi connectivity index (χ2n) is 5.39. The van der Waals surface area contributed by atoms with E-state index in [-0.39, 0.29) is 6.04 Å². The van der Waals surface area contributed by atoms with Crippen molar-refractivity contribution in [2.45, 2.75) is 38.0 Å². The molecule has 0 amide bonds. The molecular weight excluding hydrogens is 265 g/mol. The average molecular weight is 286 g/mol. The molecule has 1 aliphatic rings. The van der Waals surface area contributed by atoms with E-state index < -0.39 is 11.7 Å². The quantitative estimate of drug-likeness (QED) is 0.912. The van der Waals surface area contributed by atoms with E-state index in [1.807, 2.05) is 14.0 Å². The predicted octanol–water partition coefficient (Wildman–Crippen LogP) is 3.45. The molecule has 112 valence electrons. The van der Waals surface area contributed by atoms with Crippen LogP contribution in [-0.4, -0.2) is 31.1 Å². The minimum absolute atomic E-state index is 0.0122. The van der Waals surface area contributed by atoms with E-state index in [1.54, 1.807) is 6.07 Å². The van der Waals surface area contributed by atoms with Crippen LogP contribution in [0.2, 0.25) is 0 Å². The van der Waals surface area contributed by atoms with Crippen LogP contribution in [0, 0.1) is 0 Å². The number of likely N-dealkylation sites (tertiary alicyclic amines) is 1. The third kappa shape index (κ3) is 3.33. The number of rotatable bonds is 4. The molecule has 0 aromatic heterocycles. The van der Waals surface area contributed by atoms with Gasteiger partial charge in [-0.25, -0.2) is 0 Å². The molecule has 2 rings (SSSR count). The third-order valence-electron chi connectivity index (χ3n) is 4.06. The van der Waals surface area contributed by atoms with Crippen molar-refractivity contribution in [3.8, 4) is 0 Å². The second kappa shape index (κ2) is 6.14. The summed E-state index contributed by atoms with van der Waals surface area (Å²) in [6.07, 6.45) is -2.06. The lowest BCUT2D eigenvalue weighted by Crippen LogP contribution is -2.38. The maximum atomic E-state index is 12.8. The lowest BCUT2D eigenvalue weighted by atomic mass is 10.0. The zero-order valence-corrected chi connectivity index (χ0v) is 11.9. The van der Waals surface area contributed by atoms with Crippen molar-refractivity contribution in [3.05, 3.63) is 35.4 Å². The minimum atomic E-state index is -4.27. The fraction of sp³-hybridized carbons (Fsp3) is 0.600. The molecule has 1 heterocycles. The minimum Gasteiger partial charge on any atom is -0.318 e. The van der Waals surface area contributed by atoms with Gasteiger partial charge in [0.05, 0.1) is 5.56 Å². The predicted molar refractivity (Wildman–Crippen MR) is 73.5 cm³/mol. The zero-order chi connectivity index (χ0) is 14.8. The Bertz CT molecular complexity index is 445. The zero-order valence-electron chi connectivity index (χ0n) is 11.9. The Morgan fingerprint density at radius 2 is 2.15 bits per heavy atom. The standard InChI is InChI=1S/C15H21F3N2/c1-11(20-8-4-7-14(20)10-19-2)12-5-3-6-13(9-12)15(16,17)18/h3,5-6,9,11,14,19H,4,7-8,10H2,1-2H3. The Labute approximate surface area is 118 Å². The number of nitrogens with zero attached hydrogens (tertiary/aromatic N) is 1. The number of alkyl halides is 3. The largest absolute Gasteiger partial charge is 0.416 e. The molecule has 2 nitrogen and oxygen atoms in total. The summed E-state index contributed by atoms with van der Waals surface area (Å²) >= 11 is 0. The van der Waals surface area contributed by atoms with Gasteiger partial charge in [0.2, 0.25) is 0 Å². The molecule has 20 heavy (non-hydrogen) atoms. The summed E-state index contributed by atoms with van der Waals surface area (Å²) in [4.78, 5) is 2.30. The highest BCUT2D eigenvalue weighted by molar-refractivity contribution is 5.28. The number of likely N-dealkylation sites (N-methyl/N-ethyl adjacent to an activating group) is 1. The van der Waals surface area contributed by atoms with Gasteiger partial charge in [-0.3, -0.25) is 4.90 Å². The molecule has 0 aliphatic carbocycles. The van der Waals surface area contributed by atoms with Crippen molar-refractivity contribution in [1.29, 1.82) is 0 Å². The molecular formula is C15H21F3N2. The van der Waals surface area contributed by atoms with Gasteiger partial charge in [0.15, 0.2) is 0 Å². The maximum Gasteiger partial charge on any atom is 0.416 e. The van der Waals surface area contributed by atoms with E-state index in [1.165, 1.54) is 12.1 Å². The molecule has 1 N–H and O–H groups in total. The fourth-order valence-corrected chi connectivity index (χ4v) is 2.99. The average Bonchev–Trinajstić information content (AvgIpc) is 2.86. The molecule has 5 heteroatoms. The fourth-order valence-electron chi connectivity index (χ4n) is 2.99. The van der Waals surface area contributed by atoms with Gasteiger partial charge < -0.3 is 5.32 Å². The van der Waals surface area contributed by atoms with Gasteiger partial charge in [-0.2, -0.15) is 13.2 Å². The van der Waals surface area contributed by atoms with Gasteiger partial charge in [-0.05, 0) is 51.1 Å². The number of hydrogen-bond acceptors (Lipinski definition) is 2. The summed E-state index contributed by atoms with van der Waals surface area (Å²) in [6.45, 7) is 3.82. The number of nitrogens with one attached hydrogen (secondary N) is 1. The molecule has 0 bridgehead atoms. The Balaban J connectivity index is 2.18. The first kappa shape index (κ1) is 15.3. The van der Waals surface area contributed by atoms with Crippen molar-refractivity contribution in [2.24, 2.45) is 0 Å². The lowest BCUT2D eigenvalue weighted by Gasteiger charge is -2.31. The monoisotopic (exact) mass is 286 g/mol. The maximum absolute atomic E-state index is 12.8. The van der Waals surface area contributed by atoms with Crippen LogP contribution in [0.1, 0.15) is 36.9 Å². The smallest absolute Gasteiger partial charge is 0.318 e. The van der Waals surface area contributed by atoms with Gasteiger partial charge in [0, 0.05) is 18.6 Å². The van der Waals surface area contributed by atoms with Crippen LogP contribution in [0.5, 0.6) is 0 Å². The van der Waals surface area contributed by atoms with Crippen molar-refractivity contribution in [3.63, 3.8) is 0 Å². The van der Waals surface area contributed by atoms with E-state index in [2.05, 4.69) is 10.2 Å². The molecule has 0 saturated carbocycles. The van der Waals surface area contributed by atoms with Crippen molar-refractivity contribution >= 4 is 0 Å². The van der Waals surface area contributed by atoms with Gasteiger partial charge in [0.25, 0.3) is 0 Å². The molecule has 0 spiro atoms. The van der Waals surface area contributed by atoms with E-state index in [9.17, 15) is 13.2 Å². The molecule has 1 saturated heterocycles. The molecule has 0 radical (unpaired) electrons. The highest BCUT2D eigenvalue weighted by Gasteiger charge is 2.32. The lowest BCUT2D eigenvalue weighted by molar-refractivity contribution is -0.137. The topological polar surface area (TPSA) is 15.3 Å². The molecule has 2 atom stereocenters. The van der Waals surface area contributed by atoms with Crippen LogP contribution >= 0.6 is 0 Å². The Morgan fingerprint density at radius 3 is 2.80 bits per heavy atom. The van der Waals surface area contributed by atoms with E-state index in [4.69, 9.17) is 0 Å². The van der Waals surface area contributed by atoms with Gasteiger partial charge in [-0.1, -0.05) is 12.1 Å². The first-order valence-electron chi connectivity index (χ1n) is 7.01. The summed E-state index contributed by atoms with van der Waals surface area (Å²) in [7, 11) is 1.91. The summed E-state index contributed by atoms with van der Waals surface area (Å²) in [5.74, 6) is 0. The molecule has 1 aromatic carbocycles. The van der Waals surface area contributed by atoms with Crippen LogP contribution in [0.3, 0.4) is 0 Å².